The summed E-state index contributed by atoms with van der Waals surface area (Å²) in [6.07, 6.45) is 0.754. The van der Waals surface area contributed by atoms with E-state index in [1.165, 1.54) is 13.2 Å². The van der Waals surface area contributed by atoms with Gasteiger partial charge in [-0.3, -0.25) is 4.79 Å². The Morgan fingerprint density at radius 1 is 1.38 bits per heavy atom. The highest BCUT2D eigenvalue weighted by atomic mass is 16.5. The predicted molar refractivity (Wildman–Crippen MR) is 61.6 cm³/mol. The molecule has 0 spiro atoms. The van der Waals surface area contributed by atoms with Crippen LogP contribution in [0.4, 0.5) is 0 Å². The normalized spacial score (nSPS) is 11.2. The van der Waals surface area contributed by atoms with Crippen LogP contribution in [0.5, 0.6) is 0 Å². The number of pyridine rings is 1. The van der Waals surface area contributed by atoms with E-state index in [9.17, 15) is 9.59 Å². The predicted octanol–water partition coefficient (Wildman–Crippen LogP) is 1.75. The summed E-state index contributed by atoms with van der Waals surface area (Å²) in [5.74, 6) is -0.608. The Hall–Kier alpha value is -1.58. The molecule has 0 unspecified atom stereocenters. The van der Waals surface area contributed by atoms with Gasteiger partial charge < -0.3 is 9.72 Å². The Balaban J connectivity index is 3.01. The first kappa shape index (κ1) is 12.5. The number of carbonyl (C=O) groups is 1. The van der Waals surface area contributed by atoms with Gasteiger partial charge in [-0.25, -0.2) is 4.79 Å². The molecule has 1 rings (SSSR count). The maximum atomic E-state index is 11.6. The van der Waals surface area contributed by atoms with Crippen molar-refractivity contribution in [3.05, 3.63) is 33.7 Å². The molecule has 88 valence electrons. The number of aromatic amines is 1. The lowest BCUT2D eigenvalue weighted by atomic mass is 9.90. The number of hydrogen-bond acceptors (Lipinski definition) is 3. The van der Waals surface area contributed by atoms with Crippen molar-refractivity contribution in [1.82, 2.24) is 4.98 Å². The van der Waals surface area contributed by atoms with Crippen molar-refractivity contribution in [2.75, 3.05) is 7.11 Å². The molecule has 4 heteroatoms. The van der Waals surface area contributed by atoms with E-state index >= 15 is 0 Å². The highest BCUT2D eigenvalue weighted by Crippen LogP contribution is 2.18. The van der Waals surface area contributed by atoms with Crippen molar-refractivity contribution in [2.45, 2.75) is 27.2 Å². The van der Waals surface area contributed by atoms with Crippen LogP contribution in [0.3, 0.4) is 0 Å². The molecule has 4 nitrogen and oxygen atoms in total. The summed E-state index contributed by atoms with van der Waals surface area (Å²) in [4.78, 5) is 25.4. The summed E-state index contributed by atoms with van der Waals surface area (Å²) in [5, 5.41) is 0. The van der Waals surface area contributed by atoms with Gasteiger partial charge in [-0.15, -0.1) is 0 Å². The van der Waals surface area contributed by atoms with Crippen molar-refractivity contribution in [3.8, 4) is 0 Å². The van der Waals surface area contributed by atoms with Gasteiger partial charge in [0.1, 0.15) is 5.56 Å². The number of carbonyl (C=O) groups excluding carboxylic acids is 1. The lowest BCUT2D eigenvalue weighted by Crippen LogP contribution is -2.21. The Morgan fingerprint density at radius 3 is 2.44 bits per heavy atom. The van der Waals surface area contributed by atoms with Crippen LogP contribution in [-0.4, -0.2) is 18.1 Å². The summed E-state index contributed by atoms with van der Waals surface area (Å²) >= 11 is 0. The van der Waals surface area contributed by atoms with Crippen molar-refractivity contribution in [2.24, 2.45) is 5.41 Å². The standard InChI is InChI=1S/C12H17NO3/c1-12(2,3)7-8-5-6-9(10(14)13-8)11(15)16-4/h5-6H,7H2,1-4H3,(H,13,14). The molecule has 0 aliphatic heterocycles. The number of rotatable bonds is 2. The number of aromatic nitrogens is 1. The van der Waals surface area contributed by atoms with Gasteiger partial charge in [0.15, 0.2) is 0 Å². The van der Waals surface area contributed by atoms with Gasteiger partial charge >= 0.3 is 5.97 Å². The summed E-state index contributed by atoms with van der Waals surface area (Å²) < 4.78 is 4.50. The van der Waals surface area contributed by atoms with Crippen molar-refractivity contribution in [1.29, 1.82) is 0 Å². The van der Waals surface area contributed by atoms with Gasteiger partial charge in [-0.05, 0) is 24.0 Å². The van der Waals surface area contributed by atoms with Gasteiger partial charge in [0.2, 0.25) is 0 Å². The van der Waals surface area contributed by atoms with Gasteiger partial charge in [0, 0.05) is 5.69 Å². The summed E-state index contributed by atoms with van der Waals surface area (Å²) in [5.41, 5.74) is 0.564. The minimum absolute atomic E-state index is 0.0418. The molecule has 1 aromatic rings. The Labute approximate surface area is 94.6 Å². The first-order valence-corrected chi connectivity index (χ1v) is 5.14. The van der Waals surface area contributed by atoms with E-state index in [4.69, 9.17) is 0 Å². The fraction of sp³-hybridized carbons (Fsp3) is 0.500. The molecule has 0 aromatic carbocycles. The SMILES string of the molecule is COC(=O)c1ccc(CC(C)(C)C)[nH]c1=O. The molecule has 0 fully saturated rings. The highest BCUT2D eigenvalue weighted by molar-refractivity contribution is 5.88. The lowest BCUT2D eigenvalue weighted by molar-refractivity contribution is 0.0598. The number of hydrogen-bond donors (Lipinski definition) is 1. The number of H-pyrrole nitrogens is 1. The third-order valence-corrected chi connectivity index (χ3v) is 2.10. The fourth-order valence-electron chi connectivity index (χ4n) is 1.46. The Kier molecular flexibility index (Phi) is 3.52. The minimum atomic E-state index is -0.608. The van der Waals surface area contributed by atoms with E-state index in [0.717, 1.165) is 12.1 Å². The maximum absolute atomic E-state index is 11.6. The first-order valence-electron chi connectivity index (χ1n) is 5.14. The molecule has 1 N–H and O–H groups in total. The van der Waals surface area contributed by atoms with Crippen LogP contribution in [0.2, 0.25) is 0 Å². The zero-order valence-corrected chi connectivity index (χ0v) is 10.1. The van der Waals surface area contributed by atoms with Crippen molar-refractivity contribution in [3.63, 3.8) is 0 Å². The Bertz CT molecular complexity index is 440. The molecule has 0 saturated heterocycles. The van der Waals surface area contributed by atoms with E-state index in [2.05, 4.69) is 30.5 Å². The molecule has 0 aliphatic rings. The minimum Gasteiger partial charge on any atom is -0.465 e. The third-order valence-electron chi connectivity index (χ3n) is 2.10. The number of esters is 1. The second-order valence-corrected chi connectivity index (χ2v) is 4.96. The quantitative estimate of drug-likeness (QED) is 0.777. The van der Waals surface area contributed by atoms with Crippen LogP contribution in [0.25, 0.3) is 0 Å². The number of ether oxygens (including phenoxy) is 1. The topological polar surface area (TPSA) is 59.2 Å². The van der Waals surface area contributed by atoms with Crippen LogP contribution >= 0.6 is 0 Å². The zero-order chi connectivity index (χ0) is 12.3. The van der Waals surface area contributed by atoms with E-state index in [1.54, 1.807) is 6.07 Å². The van der Waals surface area contributed by atoms with E-state index in [-0.39, 0.29) is 11.0 Å². The lowest BCUT2D eigenvalue weighted by Gasteiger charge is -2.17. The molecule has 0 aliphatic carbocycles. The van der Waals surface area contributed by atoms with Crippen molar-refractivity contribution < 1.29 is 9.53 Å². The molecular formula is C12H17NO3. The van der Waals surface area contributed by atoms with Crippen LogP contribution in [0.15, 0.2) is 16.9 Å². The second kappa shape index (κ2) is 4.51. The second-order valence-electron chi connectivity index (χ2n) is 4.96. The Morgan fingerprint density at radius 2 is 2.00 bits per heavy atom. The monoisotopic (exact) mass is 223 g/mol. The van der Waals surface area contributed by atoms with Crippen LogP contribution in [0, 0.1) is 5.41 Å². The third kappa shape index (κ3) is 3.22. The number of nitrogens with one attached hydrogen (secondary N) is 1. The molecule has 0 amide bonds. The average Bonchev–Trinajstić information content (AvgIpc) is 2.14. The highest BCUT2D eigenvalue weighted by Gasteiger charge is 2.14. The molecule has 0 saturated carbocycles. The van der Waals surface area contributed by atoms with Crippen LogP contribution < -0.4 is 5.56 Å². The fourth-order valence-corrected chi connectivity index (χ4v) is 1.46. The summed E-state index contributed by atoms with van der Waals surface area (Å²) in [6.45, 7) is 6.25. The van der Waals surface area contributed by atoms with Gasteiger partial charge in [-0.1, -0.05) is 20.8 Å². The first-order chi connectivity index (χ1) is 7.33. The molecule has 1 aromatic heterocycles. The number of methoxy groups -OCH3 is 1. The largest absolute Gasteiger partial charge is 0.465 e. The van der Waals surface area contributed by atoms with E-state index in [1.807, 2.05) is 0 Å². The van der Waals surface area contributed by atoms with Gasteiger partial charge in [0.05, 0.1) is 7.11 Å². The molecule has 0 atom stereocenters. The summed E-state index contributed by atoms with van der Waals surface area (Å²) in [7, 11) is 1.25. The smallest absolute Gasteiger partial charge is 0.343 e. The van der Waals surface area contributed by atoms with E-state index in [0.29, 0.717) is 0 Å². The molecular weight excluding hydrogens is 206 g/mol. The van der Waals surface area contributed by atoms with E-state index < -0.39 is 11.5 Å². The molecule has 0 bridgehead atoms. The van der Waals surface area contributed by atoms with Gasteiger partial charge in [0.25, 0.3) is 5.56 Å². The average molecular weight is 223 g/mol. The van der Waals surface area contributed by atoms with Crippen LogP contribution in [-0.2, 0) is 11.2 Å². The van der Waals surface area contributed by atoms with Crippen molar-refractivity contribution >= 4 is 5.97 Å². The molecule has 16 heavy (non-hydrogen) atoms. The zero-order valence-electron chi connectivity index (χ0n) is 10.1. The molecule has 1 heterocycles. The van der Waals surface area contributed by atoms with Gasteiger partial charge in [-0.2, -0.15) is 0 Å². The van der Waals surface area contributed by atoms with Crippen LogP contribution in [0.1, 0.15) is 36.8 Å². The maximum Gasteiger partial charge on any atom is 0.343 e. The molecule has 0 radical (unpaired) electrons. The summed E-state index contributed by atoms with van der Waals surface area (Å²) in [6, 6.07) is 3.25.